The molecule has 110 valence electrons. The number of nitrogens with one attached hydrogen (secondary N) is 1. The molecule has 0 fully saturated rings. The molecule has 2 rings (SSSR count). The minimum absolute atomic E-state index is 0.0438. The predicted molar refractivity (Wildman–Crippen MR) is 81.7 cm³/mol. The first-order chi connectivity index (χ1) is 10.4. The van der Waals surface area contributed by atoms with E-state index < -0.39 is 24.2 Å². The van der Waals surface area contributed by atoms with E-state index >= 15 is 0 Å². The van der Waals surface area contributed by atoms with Crippen LogP contribution in [-0.4, -0.2) is 41.5 Å². The van der Waals surface area contributed by atoms with Crippen LogP contribution in [-0.2, 0) is 4.79 Å². The third-order valence-corrected chi connectivity index (χ3v) is 3.08. The van der Waals surface area contributed by atoms with E-state index in [0.717, 1.165) is 0 Å². The van der Waals surface area contributed by atoms with Crippen LogP contribution < -0.4 is 10.8 Å². The second-order valence-electron chi connectivity index (χ2n) is 4.37. The fourth-order valence-corrected chi connectivity index (χ4v) is 2.00. The number of aliphatic carboxylic acids is 1. The zero-order valence-electron chi connectivity index (χ0n) is 11.2. The molecule has 1 aromatic carbocycles. The van der Waals surface area contributed by atoms with Gasteiger partial charge in [-0.15, -0.1) is 0 Å². The minimum Gasteiger partial charge on any atom is -0.506 e. The number of carboxylic acid groups (broad SMARTS) is 1. The van der Waals surface area contributed by atoms with E-state index in [1.165, 1.54) is 6.20 Å². The van der Waals surface area contributed by atoms with Gasteiger partial charge in [-0.3, -0.25) is 9.59 Å². The summed E-state index contributed by atoms with van der Waals surface area (Å²) in [4.78, 5) is 26.0. The number of pyridine rings is 1. The molecule has 0 saturated heterocycles. The molecule has 0 unspecified atom stereocenters. The van der Waals surface area contributed by atoms with Crippen LogP contribution in [0.2, 0.25) is 5.02 Å². The number of carbonyl (C=O) groups is 2. The zero-order chi connectivity index (χ0) is 16.3. The molecule has 6 nitrogen and oxygen atoms in total. The Labute approximate surface area is 132 Å². The van der Waals surface area contributed by atoms with Gasteiger partial charge in [-0.05, 0) is 28.7 Å². The molecule has 2 radical (unpaired) electrons. The first kappa shape index (κ1) is 15.8. The molecule has 0 aliphatic carbocycles. The van der Waals surface area contributed by atoms with Gasteiger partial charge in [0.2, 0.25) is 0 Å². The average Bonchev–Trinajstić information content (AvgIpc) is 2.47. The van der Waals surface area contributed by atoms with Crippen molar-refractivity contribution in [3.05, 3.63) is 41.2 Å². The number of carbonyl (C=O) groups excluding carboxylic acids is 1. The Hall–Kier alpha value is -2.54. The quantitative estimate of drug-likeness (QED) is 0.722. The molecule has 1 heterocycles. The predicted octanol–water partition coefficient (Wildman–Crippen LogP) is 0.716. The summed E-state index contributed by atoms with van der Waals surface area (Å²) >= 11 is 5.90. The first-order valence-corrected chi connectivity index (χ1v) is 6.51. The van der Waals surface area contributed by atoms with Crippen molar-refractivity contribution in [2.75, 3.05) is 6.54 Å². The van der Waals surface area contributed by atoms with E-state index in [1.54, 1.807) is 24.3 Å². The smallest absolute Gasteiger partial charge is 0.322 e. The highest BCUT2D eigenvalue weighted by atomic mass is 35.5. The molecule has 1 amide bonds. The number of nitrogens with zero attached hydrogens (tertiary/aromatic N) is 1. The van der Waals surface area contributed by atoms with Gasteiger partial charge < -0.3 is 15.5 Å². The summed E-state index contributed by atoms with van der Waals surface area (Å²) in [6, 6.07) is 6.76. The van der Waals surface area contributed by atoms with Crippen molar-refractivity contribution < 1.29 is 19.8 Å². The summed E-state index contributed by atoms with van der Waals surface area (Å²) in [5.41, 5.74) is 0.655. The van der Waals surface area contributed by atoms with Crippen LogP contribution in [0.1, 0.15) is 10.5 Å². The van der Waals surface area contributed by atoms with Gasteiger partial charge in [-0.2, -0.15) is 0 Å². The molecule has 3 N–H and O–H groups in total. The molecule has 0 aliphatic rings. The Morgan fingerprint density at radius 1 is 1.36 bits per heavy atom. The van der Waals surface area contributed by atoms with Crippen molar-refractivity contribution in [2.45, 2.75) is 0 Å². The highest BCUT2D eigenvalue weighted by molar-refractivity contribution is 6.38. The monoisotopic (exact) mass is 316 g/mol. The van der Waals surface area contributed by atoms with Gasteiger partial charge in [0.05, 0.1) is 0 Å². The number of hydrogen-bond acceptors (Lipinski definition) is 4. The van der Waals surface area contributed by atoms with Gasteiger partial charge in [0.15, 0.2) is 5.69 Å². The summed E-state index contributed by atoms with van der Waals surface area (Å²) in [6.07, 6.45) is 1.32. The number of rotatable bonds is 4. The number of aromatic nitrogens is 1. The summed E-state index contributed by atoms with van der Waals surface area (Å²) in [7, 11) is 5.83. The fraction of sp³-hybridized carbons (Fsp3) is 0.0714. The van der Waals surface area contributed by atoms with E-state index in [-0.39, 0.29) is 11.2 Å². The molecular formula is C14H10BClN2O4. The summed E-state index contributed by atoms with van der Waals surface area (Å²) in [5.74, 6) is -2.55. The first-order valence-electron chi connectivity index (χ1n) is 6.13. The highest BCUT2D eigenvalue weighted by Gasteiger charge is 2.18. The van der Waals surface area contributed by atoms with Crippen LogP contribution in [0.25, 0.3) is 11.1 Å². The number of carboxylic acids is 1. The summed E-state index contributed by atoms with van der Waals surface area (Å²) in [6.45, 7) is -0.587. The summed E-state index contributed by atoms with van der Waals surface area (Å²) in [5, 5.41) is 21.1. The third-order valence-electron chi connectivity index (χ3n) is 2.84. The maximum absolute atomic E-state index is 11.8. The van der Waals surface area contributed by atoms with Gasteiger partial charge in [-0.1, -0.05) is 23.7 Å². The van der Waals surface area contributed by atoms with E-state index in [0.29, 0.717) is 16.1 Å². The van der Waals surface area contributed by atoms with Gasteiger partial charge in [-0.25, -0.2) is 4.98 Å². The maximum Gasteiger partial charge on any atom is 0.322 e. The second kappa shape index (κ2) is 6.49. The number of aromatic hydroxyl groups is 1. The van der Waals surface area contributed by atoms with Crippen molar-refractivity contribution >= 4 is 36.8 Å². The Morgan fingerprint density at radius 3 is 2.73 bits per heavy atom. The lowest BCUT2D eigenvalue weighted by Crippen LogP contribution is -2.31. The van der Waals surface area contributed by atoms with Crippen molar-refractivity contribution in [3.63, 3.8) is 0 Å². The molecule has 0 saturated carbocycles. The lowest BCUT2D eigenvalue weighted by Gasteiger charge is -2.11. The molecule has 8 heteroatoms. The fourth-order valence-electron chi connectivity index (χ4n) is 1.81. The van der Waals surface area contributed by atoms with Crippen LogP contribution in [0.15, 0.2) is 30.5 Å². The van der Waals surface area contributed by atoms with Crippen LogP contribution in [0.4, 0.5) is 0 Å². The lowest BCUT2D eigenvalue weighted by atomic mass is 9.86. The van der Waals surface area contributed by atoms with Gasteiger partial charge in [0.1, 0.15) is 20.1 Å². The molecule has 22 heavy (non-hydrogen) atoms. The van der Waals surface area contributed by atoms with Crippen LogP contribution in [0.5, 0.6) is 5.75 Å². The van der Waals surface area contributed by atoms with Crippen molar-refractivity contribution in [1.29, 1.82) is 0 Å². The average molecular weight is 317 g/mol. The number of hydrogen-bond donors (Lipinski definition) is 3. The SMILES string of the molecule is [B]c1c(-c2cccc(Cl)c2)cnc(C(=O)NCC(=O)O)c1O. The molecular weight excluding hydrogens is 306 g/mol. The van der Waals surface area contributed by atoms with Gasteiger partial charge in [0, 0.05) is 11.2 Å². The Morgan fingerprint density at radius 2 is 2.09 bits per heavy atom. The highest BCUT2D eigenvalue weighted by Crippen LogP contribution is 2.24. The van der Waals surface area contributed by atoms with E-state index in [4.69, 9.17) is 24.6 Å². The van der Waals surface area contributed by atoms with Crippen molar-refractivity contribution in [2.24, 2.45) is 0 Å². The van der Waals surface area contributed by atoms with Crippen LogP contribution in [0, 0.1) is 0 Å². The molecule has 2 aromatic rings. The van der Waals surface area contributed by atoms with Crippen LogP contribution >= 0.6 is 11.6 Å². The lowest BCUT2D eigenvalue weighted by molar-refractivity contribution is -0.135. The Balaban J connectivity index is 2.37. The zero-order valence-corrected chi connectivity index (χ0v) is 12.0. The van der Waals surface area contributed by atoms with Crippen molar-refractivity contribution in [3.8, 4) is 16.9 Å². The molecule has 0 aliphatic heterocycles. The molecule has 0 spiro atoms. The topological polar surface area (TPSA) is 99.5 Å². The molecule has 1 aromatic heterocycles. The van der Waals surface area contributed by atoms with Gasteiger partial charge >= 0.3 is 5.97 Å². The number of benzene rings is 1. The third kappa shape index (κ3) is 3.37. The Kier molecular flexibility index (Phi) is 4.67. The Bertz CT molecular complexity index is 752. The van der Waals surface area contributed by atoms with E-state index in [1.807, 2.05) is 0 Å². The number of amides is 1. The van der Waals surface area contributed by atoms with Crippen molar-refractivity contribution in [1.82, 2.24) is 10.3 Å². The van der Waals surface area contributed by atoms with E-state index in [9.17, 15) is 14.7 Å². The number of halogens is 1. The van der Waals surface area contributed by atoms with Gasteiger partial charge in [0.25, 0.3) is 5.91 Å². The molecule has 0 atom stereocenters. The largest absolute Gasteiger partial charge is 0.506 e. The van der Waals surface area contributed by atoms with E-state index in [2.05, 4.69) is 10.3 Å². The normalized spacial score (nSPS) is 10.2. The summed E-state index contributed by atoms with van der Waals surface area (Å²) < 4.78 is 0. The maximum atomic E-state index is 11.8. The molecule has 0 bridgehead atoms. The minimum atomic E-state index is -1.21. The second-order valence-corrected chi connectivity index (χ2v) is 4.81. The van der Waals surface area contributed by atoms with Crippen LogP contribution in [0.3, 0.4) is 0 Å². The standard InChI is InChI=1S/C14H10BClN2O4/c15-11-9(7-2-1-3-8(16)4-7)5-17-12(13(11)21)14(22)18-6-10(19)20/h1-5,21H,6H2,(H,18,22)(H,19,20).